The van der Waals surface area contributed by atoms with E-state index in [1.54, 1.807) is 0 Å². The van der Waals surface area contributed by atoms with Crippen molar-refractivity contribution >= 4 is 0 Å². The van der Waals surface area contributed by atoms with Crippen LogP contribution in [0.2, 0.25) is 0 Å². The van der Waals surface area contributed by atoms with E-state index in [0.717, 1.165) is 38.8 Å². The third-order valence-corrected chi connectivity index (χ3v) is 4.40. The fourth-order valence-corrected chi connectivity index (χ4v) is 3.17. The van der Waals surface area contributed by atoms with Gasteiger partial charge in [-0.2, -0.15) is 5.26 Å². The summed E-state index contributed by atoms with van der Waals surface area (Å²) < 4.78 is 5.62. The van der Waals surface area contributed by atoms with Crippen LogP contribution in [0.15, 0.2) is 0 Å². The standard InChI is InChI=1S/C16H31N3O/c1-6-16(12-17,18-13(2)3)9-7-10-19(5)15-8-11-20-14(15)4/h13-15,18H,6-11H2,1-5H3. The summed E-state index contributed by atoms with van der Waals surface area (Å²) in [6, 6.07) is 3.37. The van der Waals surface area contributed by atoms with E-state index in [2.05, 4.69) is 51.0 Å². The zero-order chi connectivity index (χ0) is 15.2. The van der Waals surface area contributed by atoms with Crippen LogP contribution in [0.4, 0.5) is 0 Å². The van der Waals surface area contributed by atoms with Crippen molar-refractivity contribution in [2.24, 2.45) is 0 Å². The van der Waals surface area contributed by atoms with Gasteiger partial charge in [-0.3, -0.25) is 5.32 Å². The summed E-state index contributed by atoms with van der Waals surface area (Å²) in [4.78, 5) is 2.39. The Balaban J connectivity index is 2.42. The van der Waals surface area contributed by atoms with Gasteiger partial charge < -0.3 is 9.64 Å². The maximum absolute atomic E-state index is 9.50. The second kappa shape index (κ2) is 7.97. The van der Waals surface area contributed by atoms with Crippen LogP contribution in [-0.4, -0.2) is 48.8 Å². The van der Waals surface area contributed by atoms with Crippen LogP contribution in [0.5, 0.6) is 0 Å². The average Bonchev–Trinajstić information content (AvgIpc) is 2.83. The molecule has 4 nitrogen and oxygen atoms in total. The van der Waals surface area contributed by atoms with E-state index in [4.69, 9.17) is 4.74 Å². The molecule has 20 heavy (non-hydrogen) atoms. The average molecular weight is 281 g/mol. The second-order valence-corrected chi connectivity index (χ2v) is 6.36. The lowest BCUT2D eigenvalue weighted by atomic mass is 9.91. The summed E-state index contributed by atoms with van der Waals surface area (Å²) in [7, 11) is 2.17. The molecule has 0 radical (unpaired) electrons. The highest BCUT2D eigenvalue weighted by molar-refractivity contribution is 5.06. The predicted molar refractivity (Wildman–Crippen MR) is 82.6 cm³/mol. The summed E-state index contributed by atoms with van der Waals surface area (Å²) in [5, 5.41) is 12.9. The van der Waals surface area contributed by atoms with E-state index < -0.39 is 0 Å². The lowest BCUT2D eigenvalue weighted by molar-refractivity contribution is 0.0825. The minimum Gasteiger partial charge on any atom is -0.377 e. The van der Waals surface area contributed by atoms with Gasteiger partial charge in [-0.25, -0.2) is 0 Å². The molecular formula is C16H31N3O. The molecule has 3 atom stereocenters. The van der Waals surface area contributed by atoms with E-state index in [1.165, 1.54) is 0 Å². The van der Waals surface area contributed by atoms with Crippen molar-refractivity contribution < 1.29 is 4.74 Å². The molecule has 0 saturated carbocycles. The predicted octanol–water partition coefficient (Wildman–Crippen LogP) is 2.55. The highest BCUT2D eigenvalue weighted by Gasteiger charge is 2.30. The van der Waals surface area contributed by atoms with Gasteiger partial charge in [-0.1, -0.05) is 6.92 Å². The first-order valence-electron chi connectivity index (χ1n) is 7.95. The molecule has 116 valence electrons. The van der Waals surface area contributed by atoms with Crippen molar-refractivity contribution in [3.05, 3.63) is 0 Å². The molecule has 0 amide bonds. The van der Waals surface area contributed by atoms with Crippen molar-refractivity contribution in [3.63, 3.8) is 0 Å². The highest BCUT2D eigenvalue weighted by Crippen LogP contribution is 2.21. The third kappa shape index (κ3) is 4.73. The number of nitrogens with zero attached hydrogens (tertiary/aromatic N) is 2. The van der Waals surface area contributed by atoms with Crippen LogP contribution in [0.3, 0.4) is 0 Å². The van der Waals surface area contributed by atoms with E-state index in [9.17, 15) is 5.26 Å². The van der Waals surface area contributed by atoms with Gasteiger partial charge in [0, 0.05) is 18.7 Å². The molecule has 1 N–H and O–H groups in total. The van der Waals surface area contributed by atoms with Gasteiger partial charge in [0.1, 0.15) is 5.54 Å². The van der Waals surface area contributed by atoms with Gasteiger partial charge in [0.05, 0.1) is 12.2 Å². The van der Waals surface area contributed by atoms with Gasteiger partial charge in [-0.05, 0) is 60.0 Å². The van der Waals surface area contributed by atoms with Crippen LogP contribution in [0, 0.1) is 11.3 Å². The van der Waals surface area contributed by atoms with Crippen molar-refractivity contribution in [3.8, 4) is 6.07 Å². The quantitative estimate of drug-likeness (QED) is 0.743. The van der Waals surface area contributed by atoms with Crippen LogP contribution >= 0.6 is 0 Å². The Morgan fingerprint density at radius 2 is 2.20 bits per heavy atom. The fourth-order valence-electron chi connectivity index (χ4n) is 3.17. The molecule has 0 aliphatic carbocycles. The normalized spacial score (nSPS) is 25.9. The number of nitrogens with one attached hydrogen (secondary N) is 1. The number of ether oxygens (including phenoxy) is 1. The van der Waals surface area contributed by atoms with Crippen LogP contribution < -0.4 is 5.32 Å². The molecule has 0 spiro atoms. The smallest absolute Gasteiger partial charge is 0.106 e. The van der Waals surface area contributed by atoms with E-state index >= 15 is 0 Å². The maximum atomic E-state index is 9.50. The second-order valence-electron chi connectivity index (χ2n) is 6.36. The summed E-state index contributed by atoms with van der Waals surface area (Å²) in [6.07, 6.45) is 4.26. The molecule has 1 heterocycles. The number of likely N-dealkylation sites (N-methyl/N-ethyl adjacent to an activating group) is 1. The van der Waals surface area contributed by atoms with Gasteiger partial charge in [0.25, 0.3) is 0 Å². The summed E-state index contributed by atoms with van der Waals surface area (Å²) in [5.41, 5.74) is -0.368. The highest BCUT2D eigenvalue weighted by atomic mass is 16.5. The summed E-state index contributed by atoms with van der Waals surface area (Å²) in [5.74, 6) is 0. The molecule has 1 aliphatic rings. The van der Waals surface area contributed by atoms with E-state index in [-0.39, 0.29) is 5.54 Å². The molecule has 4 heteroatoms. The molecule has 0 aromatic rings. The number of hydrogen-bond acceptors (Lipinski definition) is 4. The molecule has 3 unspecified atom stereocenters. The van der Waals surface area contributed by atoms with E-state index in [1.807, 2.05) is 0 Å². The Kier molecular flexibility index (Phi) is 6.94. The van der Waals surface area contributed by atoms with Crippen LogP contribution in [-0.2, 0) is 4.74 Å². The molecule has 0 bridgehead atoms. The molecule has 1 saturated heterocycles. The van der Waals surface area contributed by atoms with E-state index in [0.29, 0.717) is 18.2 Å². The topological polar surface area (TPSA) is 48.3 Å². The van der Waals surface area contributed by atoms with Crippen molar-refractivity contribution in [1.82, 2.24) is 10.2 Å². The molecule has 1 rings (SSSR count). The van der Waals surface area contributed by atoms with Gasteiger partial charge in [0.2, 0.25) is 0 Å². The summed E-state index contributed by atoms with van der Waals surface area (Å²) in [6.45, 7) is 10.4. The zero-order valence-corrected chi connectivity index (χ0v) is 13.8. The lowest BCUT2D eigenvalue weighted by Gasteiger charge is -2.31. The molecule has 0 aromatic carbocycles. The molecule has 0 aromatic heterocycles. The third-order valence-electron chi connectivity index (χ3n) is 4.40. The van der Waals surface area contributed by atoms with Crippen molar-refractivity contribution in [2.75, 3.05) is 20.2 Å². The lowest BCUT2D eigenvalue weighted by Crippen LogP contribution is -2.47. The minimum absolute atomic E-state index is 0.334. The first kappa shape index (κ1) is 17.4. The Bertz CT molecular complexity index is 326. The van der Waals surface area contributed by atoms with Crippen LogP contribution in [0.1, 0.15) is 53.4 Å². The van der Waals surface area contributed by atoms with Gasteiger partial charge in [0.15, 0.2) is 0 Å². The fraction of sp³-hybridized carbons (Fsp3) is 0.938. The zero-order valence-electron chi connectivity index (χ0n) is 13.8. The molecular weight excluding hydrogens is 250 g/mol. The van der Waals surface area contributed by atoms with Crippen molar-refractivity contribution in [2.45, 2.75) is 77.1 Å². The number of nitriles is 1. The minimum atomic E-state index is -0.368. The summed E-state index contributed by atoms with van der Waals surface area (Å²) >= 11 is 0. The SMILES string of the molecule is CCC(C#N)(CCCN(C)C1CCOC1C)NC(C)C. The van der Waals surface area contributed by atoms with Crippen molar-refractivity contribution in [1.29, 1.82) is 5.26 Å². The maximum Gasteiger partial charge on any atom is 0.106 e. The Morgan fingerprint density at radius 3 is 2.65 bits per heavy atom. The van der Waals surface area contributed by atoms with Gasteiger partial charge in [-0.15, -0.1) is 0 Å². The Hall–Kier alpha value is -0.630. The Morgan fingerprint density at radius 1 is 1.50 bits per heavy atom. The largest absolute Gasteiger partial charge is 0.377 e. The van der Waals surface area contributed by atoms with Crippen LogP contribution in [0.25, 0.3) is 0 Å². The molecule has 1 fully saturated rings. The number of hydrogen-bond donors (Lipinski definition) is 1. The van der Waals surface area contributed by atoms with Gasteiger partial charge >= 0.3 is 0 Å². The number of rotatable bonds is 8. The first-order chi connectivity index (χ1) is 9.44. The molecule has 1 aliphatic heterocycles. The Labute approximate surface area is 124 Å². The monoisotopic (exact) mass is 281 g/mol. The first-order valence-corrected chi connectivity index (χ1v) is 7.95.